The Labute approximate surface area is 161 Å². The van der Waals surface area contributed by atoms with Crippen LogP contribution in [0.15, 0.2) is 53.0 Å². The first-order valence-electron chi connectivity index (χ1n) is 8.45. The summed E-state index contributed by atoms with van der Waals surface area (Å²) in [6.45, 7) is 2.70. The van der Waals surface area contributed by atoms with E-state index in [4.69, 9.17) is 4.84 Å². The van der Waals surface area contributed by atoms with Crippen molar-refractivity contribution < 1.29 is 14.4 Å². The van der Waals surface area contributed by atoms with Crippen LogP contribution in [0.1, 0.15) is 17.5 Å². The number of anilines is 1. The lowest BCUT2D eigenvalue weighted by Crippen LogP contribution is -2.36. The summed E-state index contributed by atoms with van der Waals surface area (Å²) in [7, 11) is 1.48. The maximum atomic E-state index is 12.8. The van der Waals surface area contributed by atoms with E-state index in [2.05, 4.69) is 15.9 Å². The normalized spacial score (nSPS) is 16.8. The van der Waals surface area contributed by atoms with Gasteiger partial charge in [0, 0.05) is 23.1 Å². The van der Waals surface area contributed by atoms with Gasteiger partial charge in [-0.25, -0.2) is 5.06 Å². The van der Waals surface area contributed by atoms with Crippen LogP contribution in [-0.4, -0.2) is 30.5 Å². The summed E-state index contributed by atoms with van der Waals surface area (Å²) < 4.78 is 0.994. The first kappa shape index (κ1) is 18.6. The summed E-state index contributed by atoms with van der Waals surface area (Å²) in [5.74, 6) is -0.614. The van der Waals surface area contributed by atoms with Gasteiger partial charge < -0.3 is 4.90 Å². The van der Waals surface area contributed by atoms with Gasteiger partial charge in [-0.1, -0.05) is 46.3 Å². The Morgan fingerprint density at radius 1 is 1.27 bits per heavy atom. The van der Waals surface area contributed by atoms with Crippen LogP contribution in [0.3, 0.4) is 0 Å². The molecule has 1 fully saturated rings. The van der Waals surface area contributed by atoms with E-state index in [1.54, 1.807) is 4.90 Å². The molecule has 0 bridgehead atoms. The third kappa shape index (κ3) is 3.97. The van der Waals surface area contributed by atoms with Crippen molar-refractivity contribution in [2.45, 2.75) is 19.9 Å². The molecule has 2 aromatic carbocycles. The zero-order valence-corrected chi connectivity index (χ0v) is 16.4. The summed E-state index contributed by atoms with van der Waals surface area (Å²) in [5, 5.41) is 1.34. The lowest BCUT2D eigenvalue weighted by atomic mass is 10.1. The Hall–Kier alpha value is -2.18. The minimum atomic E-state index is -0.407. The summed E-state index contributed by atoms with van der Waals surface area (Å²) in [4.78, 5) is 32.3. The molecule has 136 valence electrons. The van der Waals surface area contributed by atoms with Gasteiger partial charge in [-0.05, 0) is 36.2 Å². The van der Waals surface area contributed by atoms with E-state index in [1.807, 2.05) is 55.5 Å². The average Bonchev–Trinajstić information content (AvgIpc) is 3.04. The molecule has 26 heavy (non-hydrogen) atoms. The molecule has 3 rings (SSSR count). The van der Waals surface area contributed by atoms with Crippen LogP contribution in [0.5, 0.6) is 0 Å². The molecule has 0 aliphatic carbocycles. The molecule has 5 nitrogen and oxygen atoms in total. The van der Waals surface area contributed by atoms with Gasteiger partial charge in [-0.2, -0.15) is 0 Å². The van der Waals surface area contributed by atoms with E-state index in [0.717, 1.165) is 21.3 Å². The second-order valence-corrected chi connectivity index (χ2v) is 7.24. The molecule has 1 aliphatic heterocycles. The fourth-order valence-corrected chi connectivity index (χ4v) is 3.35. The van der Waals surface area contributed by atoms with Gasteiger partial charge in [0.25, 0.3) is 5.91 Å². The van der Waals surface area contributed by atoms with E-state index in [9.17, 15) is 9.59 Å². The van der Waals surface area contributed by atoms with Crippen molar-refractivity contribution in [3.05, 3.63) is 64.1 Å². The molecule has 1 saturated heterocycles. The number of carbonyl (C=O) groups is 2. The summed E-state index contributed by atoms with van der Waals surface area (Å²) >= 11 is 3.47. The van der Waals surface area contributed by atoms with Gasteiger partial charge >= 0.3 is 0 Å². The number of rotatable bonds is 5. The smallest absolute Gasteiger partial charge is 0.251 e. The SMILES string of the molecule is CON(Cc1ccccc1)C(=O)C1CC(=O)N(c2ccc(Br)c(C)c2)C1. The van der Waals surface area contributed by atoms with Gasteiger partial charge in [-0.15, -0.1) is 0 Å². The number of benzene rings is 2. The van der Waals surface area contributed by atoms with E-state index in [0.29, 0.717) is 13.1 Å². The van der Waals surface area contributed by atoms with Crippen LogP contribution >= 0.6 is 15.9 Å². The molecular weight excluding hydrogens is 396 g/mol. The Morgan fingerprint density at radius 3 is 2.65 bits per heavy atom. The van der Waals surface area contributed by atoms with Crippen molar-refractivity contribution in [3.8, 4) is 0 Å². The third-order valence-corrected chi connectivity index (χ3v) is 5.45. The molecule has 1 atom stereocenters. The number of amides is 2. The van der Waals surface area contributed by atoms with Crippen molar-refractivity contribution in [1.29, 1.82) is 0 Å². The van der Waals surface area contributed by atoms with Gasteiger partial charge in [-0.3, -0.25) is 14.4 Å². The van der Waals surface area contributed by atoms with Crippen LogP contribution in [0.2, 0.25) is 0 Å². The molecule has 6 heteroatoms. The number of carbonyl (C=O) groups excluding carboxylic acids is 2. The number of hydrogen-bond donors (Lipinski definition) is 0. The van der Waals surface area contributed by atoms with E-state index < -0.39 is 5.92 Å². The predicted octanol–water partition coefficient (Wildman–Crippen LogP) is 3.70. The molecule has 0 aromatic heterocycles. The summed E-state index contributed by atoms with van der Waals surface area (Å²) in [6, 6.07) is 15.4. The van der Waals surface area contributed by atoms with Crippen LogP contribution in [0.4, 0.5) is 5.69 Å². The van der Waals surface area contributed by atoms with Gasteiger partial charge in [0.1, 0.15) is 0 Å². The first-order chi connectivity index (χ1) is 12.5. The molecular formula is C20H21BrN2O3. The topological polar surface area (TPSA) is 49.9 Å². The predicted molar refractivity (Wildman–Crippen MR) is 103 cm³/mol. The van der Waals surface area contributed by atoms with Crippen molar-refractivity contribution in [2.24, 2.45) is 5.92 Å². The van der Waals surface area contributed by atoms with Crippen molar-refractivity contribution in [3.63, 3.8) is 0 Å². The third-order valence-electron chi connectivity index (χ3n) is 4.56. The maximum Gasteiger partial charge on any atom is 0.251 e. The Balaban J connectivity index is 1.72. The summed E-state index contributed by atoms with van der Waals surface area (Å²) in [5.41, 5.74) is 2.85. The van der Waals surface area contributed by atoms with E-state index >= 15 is 0 Å². The molecule has 0 spiro atoms. The lowest BCUT2D eigenvalue weighted by Gasteiger charge is -2.23. The fraction of sp³-hybridized carbons (Fsp3) is 0.300. The number of halogens is 1. The molecule has 2 amide bonds. The van der Waals surface area contributed by atoms with E-state index in [-0.39, 0.29) is 18.2 Å². The second kappa shape index (κ2) is 8.01. The first-order valence-corrected chi connectivity index (χ1v) is 9.25. The maximum absolute atomic E-state index is 12.8. The average molecular weight is 417 g/mol. The Morgan fingerprint density at radius 2 is 2.00 bits per heavy atom. The highest BCUT2D eigenvalue weighted by molar-refractivity contribution is 9.10. The zero-order chi connectivity index (χ0) is 18.7. The second-order valence-electron chi connectivity index (χ2n) is 6.38. The van der Waals surface area contributed by atoms with Gasteiger partial charge in [0.15, 0.2) is 0 Å². The molecule has 1 aliphatic rings. The Bertz CT molecular complexity index is 810. The number of aryl methyl sites for hydroxylation is 1. The molecule has 0 radical (unpaired) electrons. The molecule has 1 heterocycles. The van der Waals surface area contributed by atoms with Crippen LogP contribution in [0, 0.1) is 12.8 Å². The zero-order valence-electron chi connectivity index (χ0n) is 14.8. The van der Waals surface area contributed by atoms with Crippen LogP contribution in [-0.2, 0) is 21.0 Å². The van der Waals surface area contributed by atoms with Gasteiger partial charge in [0.2, 0.25) is 5.91 Å². The molecule has 0 saturated carbocycles. The highest BCUT2D eigenvalue weighted by atomic mass is 79.9. The minimum Gasteiger partial charge on any atom is -0.312 e. The number of hydrogen-bond acceptors (Lipinski definition) is 3. The van der Waals surface area contributed by atoms with Crippen molar-refractivity contribution in [1.82, 2.24) is 5.06 Å². The quantitative estimate of drug-likeness (QED) is 0.698. The minimum absolute atomic E-state index is 0.0409. The largest absolute Gasteiger partial charge is 0.312 e. The fourth-order valence-electron chi connectivity index (χ4n) is 3.10. The van der Waals surface area contributed by atoms with Crippen molar-refractivity contribution in [2.75, 3.05) is 18.6 Å². The standard InChI is InChI=1S/C20H21BrN2O3/c1-14-10-17(8-9-18(14)21)22-13-16(11-19(22)24)20(25)23(26-2)12-15-6-4-3-5-7-15/h3-10,16H,11-13H2,1-2H3. The van der Waals surface area contributed by atoms with Crippen LogP contribution < -0.4 is 4.90 Å². The number of hydroxylamine groups is 2. The van der Waals surface area contributed by atoms with E-state index in [1.165, 1.54) is 12.2 Å². The molecule has 0 N–H and O–H groups in total. The van der Waals surface area contributed by atoms with Gasteiger partial charge in [0.05, 0.1) is 19.6 Å². The molecule has 2 aromatic rings. The molecule has 1 unspecified atom stereocenters. The Kier molecular flexibility index (Phi) is 5.74. The van der Waals surface area contributed by atoms with Crippen LogP contribution in [0.25, 0.3) is 0 Å². The number of nitrogens with zero attached hydrogens (tertiary/aromatic N) is 2. The lowest BCUT2D eigenvalue weighted by molar-refractivity contribution is -0.183. The van der Waals surface area contributed by atoms with Crippen molar-refractivity contribution >= 4 is 33.4 Å². The highest BCUT2D eigenvalue weighted by Gasteiger charge is 2.37. The monoisotopic (exact) mass is 416 g/mol. The summed E-state index contributed by atoms with van der Waals surface area (Å²) in [6.07, 6.45) is 0.197. The highest BCUT2D eigenvalue weighted by Crippen LogP contribution is 2.29.